The van der Waals surface area contributed by atoms with Gasteiger partial charge in [0.05, 0.1) is 11.3 Å². The van der Waals surface area contributed by atoms with Gasteiger partial charge in [-0.1, -0.05) is 38.6 Å². The van der Waals surface area contributed by atoms with Crippen LogP contribution in [-0.2, 0) is 17.6 Å². The van der Waals surface area contributed by atoms with Crippen molar-refractivity contribution in [3.63, 3.8) is 0 Å². The van der Waals surface area contributed by atoms with E-state index in [1.165, 1.54) is 17.3 Å². The SMILES string of the molecule is CC(C)(C)C1CCc2c(nc(SCC(=O)Nc3ncccn3)c(C#N)c2-c2cccs2)C1. The molecule has 0 bridgehead atoms. The normalized spacial score (nSPS) is 15.6. The van der Waals surface area contributed by atoms with Gasteiger partial charge in [0.25, 0.3) is 0 Å². The largest absolute Gasteiger partial charge is 0.294 e. The minimum absolute atomic E-state index is 0.130. The topological polar surface area (TPSA) is 91.6 Å². The van der Waals surface area contributed by atoms with Crippen LogP contribution in [-0.4, -0.2) is 26.6 Å². The standard InChI is InChI=1S/C24H25N5OS2/c1-24(2,3)15-7-8-16-18(12-15)28-22(17(13-25)21(16)19-6-4-11-31-19)32-14-20(30)29-23-26-9-5-10-27-23/h4-6,9-11,15H,7-8,12,14H2,1-3H3,(H,26,27,29,30). The Balaban J connectivity index is 1.67. The average molecular weight is 464 g/mol. The highest BCUT2D eigenvalue weighted by atomic mass is 32.2. The second-order valence-electron chi connectivity index (χ2n) is 8.90. The summed E-state index contributed by atoms with van der Waals surface area (Å²) >= 11 is 2.93. The summed E-state index contributed by atoms with van der Waals surface area (Å²) in [7, 11) is 0. The number of anilines is 1. The van der Waals surface area contributed by atoms with Gasteiger partial charge in [-0.15, -0.1) is 11.3 Å². The number of carbonyl (C=O) groups excluding carboxylic acids is 1. The number of nitrogens with zero attached hydrogens (tertiary/aromatic N) is 4. The van der Waals surface area contributed by atoms with E-state index in [2.05, 4.69) is 48.2 Å². The predicted octanol–water partition coefficient (Wildman–Crippen LogP) is 5.35. The molecule has 6 nitrogen and oxygen atoms in total. The van der Waals surface area contributed by atoms with Crippen molar-refractivity contribution in [2.45, 2.75) is 45.1 Å². The smallest absolute Gasteiger partial charge is 0.237 e. The number of rotatable bonds is 5. The van der Waals surface area contributed by atoms with E-state index in [1.807, 2.05) is 11.4 Å². The Kier molecular flexibility index (Phi) is 6.58. The molecule has 1 N–H and O–H groups in total. The third-order valence-electron chi connectivity index (χ3n) is 5.79. The average Bonchev–Trinajstić information content (AvgIpc) is 3.30. The highest BCUT2D eigenvalue weighted by Gasteiger charge is 2.32. The van der Waals surface area contributed by atoms with E-state index in [0.29, 0.717) is 16.5 Å². The fourth-order valence-electron chi connectivity index (χ4n) is 4.04. The second kappa shape index (κ2) is 9.39. The van der Waals surface area contributed by atoms with Crippen molar-refractivity contribution in [2.75, 3.05) is 11.1 Å². The summed E-state index contributed by atoms with van der Waals surface area (Å²) in [5, 5.41) is 15.4. The van der Waals surface area contributed by atoms with E-state index in [-0.39, 0.29) is 23.0 Å². The Morgan fingerprint density at radius 3 is 2.75 bits per heavy atom. The van der Waals surface area contributed by atoms with Crippen molar-refractivity contribution >= 4 is 35.0 Å². The molecule has 1 unspecified atom stereocenters. The molecule has 0 radical (unpaired) electrons. The zero-order valence-electron chi connectivity index (χ0n) is 18.4. The Morgan fingerprint density at radius 1 is 1.31 bits per heavy atom. The maximum absolute atomic E-state index is 12.5. The molecule has 0 aromatic carbocycles. The number of aromatic nitrogens is 3. The van der Waals surface area contributed by atoms with Gasteiger partial charge in [-0.25, -0.2) is 15.0 Å². The number of hydrogen-bond acceptors (Lipinski definition) is 7. The van der Waals surface area contributed by atoms with Gasteiger partial charge in [-0.3, -0.25) is 10.1 Å². The molecule has 3 aromatic heterocycles. The van der Waals surface area contributed by atoms with Crippen molar-refractivity contribution in [1.82, 2.24) is 15.0 Å². The number of nitrogens with one attached hydrogen (secondary N) is 1. The quantitative estimate of drug-likeness (QED) is 0.513. The van der Waals surface area contributed by atoms with Crippen LogP contribution in [0.3, 0.4) is 0 Å². The van der Waals surface area contributed by atoms with Crippen LogP contribution >= 0.6 is 23.1 Å². The van der Waals surface area contributed by atoms with Gasteiger partial charge in [-0.2, -0.15) is 5.26 Å². The van der Waals surface area contributed by atoms with Gasteiger partial charge in [-0.05, 0) is 53.7 Å². The molecular formula is C24H25N5OS2. The van der Waals surface area contributed by atoms with Crippen LogP contribution < -0.4 is 5.32 Å². The highest BCUT2D eigenvalue weighted by Crippen LogP contribution is 2.43. The van der Waals surface area contributed by atoms with Gasteiger partial charge < -0.3 is 0 Å². The summed E-state index contributed by atoms with van der Waals surface area (Å²) < 4.78 is 0. The third kappa shape index (κ3) is 4.84. The third-order valence-corrected chi connectivity index (χ3v) is 7.66. The number of amides is 1. The first-order valence-electron chi connectivity index (χ1n) is 10.6. The summed E-state index contributed by atoms with van der Waals surface area (Å²) in [6.45, 7) is 6.83. The number of fused-ring (bicyclic) bond motifs is 1. The highest BCUT2D eigenvalue weighted by molar-refractivity contribution is 8.00. The lowest BCUT2D eigenvalue weighted by atomic mass is 9.71. The van der Waals surface area contributed by atoms with Gasteiger partial charge in [0.1, 0.15) is 11.1 Å². The molecule has 8 heteroatoms. The first-order valence-corrected chi connectivity index (χ1v) is 12.4. The van der Waals surface area contributed by atoms with Gasteiger partial charge in [0, 0.05) is 28.5 Å². The summed E-state index contributed by atoms with van der Waals surface area (Å²) in [5.74, 6) is 0.702. The van der Waals surface area contributed by atoms with Crippen LogP contribution in [0.2, 0.25) is 0 Å². The monoisotopic (exact) mass is 463 g/mol. The molecule has 0 spiro atoms. The molecule has 0 aliphatic heterocycles. The summed E-state index contributed by atoms with van der Waals surface area (Å²) in [4.78, 5) is 26.5. The summed E-state index contributed by atoms with van der Waals surface area (Å²) in [6.07, 6.45) is 6.05. The summed E-state index contributed by atoms with van der Waals surface area (Å²) in [5.41, 5.74) is 4.01. The lowest BCUT2D eigenvalue weighted by Gasteiger charge is -2.35. The fraction of sp³-hybridized carbons (Fsp3) is 0.375. The first-order chi connectivity index (χ1) is 15.4. The minimum Gasteiger partial charge on any atom is -0.294 e. The molecule has 1 amide bonds. The van der Waals surface area contributed by atoms with Crippen LogP contribution in [0.25, 0.3) is 10.4 Å². The zero-order valence-corrected chi connectivity index (χ0v) is 20.0. The molecule has 32 heavy (non-hydrogen) atoms. The van der Waals surface area contributed by atoms with E-state index in [9.17, 15) is 10.1 Å². The molecule has 4 rings (SSSR count). The molecule has 1 aliphatic rings. The van der Waals surface area contributed by atoms with Crippen molar-refractivity contribution in [3.05, 3.63) is 52.8 Å². The molecule has 3 heterocycles. The van der Waals surface area contributed by atoms with Crippen molar-refractivity contribution in [1.29, 1.82) is 5.26 Å². The Morgan fingerprint density at radius 2 is 2.09 bits per heavy atom. The molecule has 3 aromatic rings. The van der Waals surface area contributed by atoms with E-state index < -0.39 is 0 Å². The van der Waals surface area contributed by atoms with E-state index in [1.54, 1.807) is 29.8 Å². The van der Waals surface area contributed by atoms with Crippen molar-refractivity contribution in [2.24, 2.45) is 11.3 Å². The van der Waals surface area contributed by atoms with Crippen LogP contribution in [0.5, 0.6) is 0 Å². The Labute approximate surface area is 196 Å². The number of hydrogen-bond donors (Lipinski definition) is 1. The molecule has 1 aliphatic carbocycles. The Bertz CT molecular complexity index is 1150. The van der Waals surface area contributed by atoms with Gasteiger partial charge in [0.15, 0.2) is 0 Å². The van der Waals surface area contributed by atoms with E-state index in [0.717, 1.165) is 35.4 Å². The van der Waals surface area contributed by atoms with Gasteiger partial charge in [0.2, 0.25) is 11.9 Å². The maximum atomic E-state index is 12.5. The second-order valence-corrected chi connectivity index (χ2v) is 10.8. The lowest BCUT2D eigenvalue weighted by Crippen LogP contribution is -2.28. The van der Waals surface area contributed by atoms with Crippen LogP contribution in [0, 0.1) is 22.7 Å². The first kappa shape index (κ1) is 22.4. The van der Waals surface area contributed by atoms with Crippen LogP contribution in [0.4, 0.5) is 5.95 Å². The Hall–Kier alpha value is -2.76. The number of carbonyl (C=O) groups is 1. The number of thioether (sulfide) groups is 1. The van der Waals surface area contributed by atoms with Gasteiger partial charge >= 0.3 is 0 Å². The summed E-state index contributed by atoms with van der Waals surface area (Å²) in [6, 6.07) is 8.15. The van der Waals surface area contributed by atoms with E-state index >= 15 is 0 Å². The van der Waals surface area contributed by atoms with E-state index in [4.69, 9.17) is 4.98 Å². The lowest BCUT2D eigenvalue weighted by molar-refractivity contribution is -0.113. The molecule has 164 valence electrons. The predicted molar refractivity (Wildman–Crippen MR) is 129 cm³/mol. The molecular weight excluding hydrogens is 438 g/mol. The number of nitriles is 1. The van der Waals surface area contributed by atoms with Crippen LogP contribution in [0.15, 0.2) is 41.0 Å². The van der Waals surface area contributed by atoms with Crippen LogP contribution in [0.1, 0.15) is 44.0 Å². The fourth-order valence-corrected chi connectivity index (χ4v) is 5.65. The minimum atomic E-state index is -0.227. The molecule has 0 saturated heterocycles. The molecule has 0 saturated carbocycles. The molecule has 1 atom stereocenters. The maximum Gasteiger partial charge on any atom is 0.237 e. The number of pyridine rings is 1. The zero-order chi connectivity index (χ0) is 22.7. The molecule has 0 fully saturated rings. The van der Waals surface area contributed by atoms with Crippen molar-refractivity contribution in [3.8, 4) is 16.5 Å². The number of thiophene rings is 1. The van der Waals surface area contributed by atoms with Crippen molar-refractivity contribution < 1.29 is 4.79 Å².